The third kappa shape index (κ3) is 4.05. The van der Waals surface area contributed by atoms with Crippen molar-refractivity contribution in [2.75, 3.05) is 4.90 Å². The summed E-state index contributed by atoms with van der Waals surface area (Å²) in [4.78, 5) is 2.37. The van der Waals surface area contributed by atoms with E-state index < -0.39 is 0 Å². The van der Waals surface area contributed by atoms with Crippen LogP contribution in [0.25, 0.3) is 60.6 Å². The summed E-state index contributed by atoms with van der Waals surface area (Å²) in [6.45, 7) is 0. The molecule has 0 saturated heterocycles. The highest BCUT2D eigenvalue weighted by atomic mass is 16.3. The van der Waals surface area contributed by atoms with Gasteiger partial charge in [0.15, 0.2) is 0 Å². The number of benzene rings is 7. The quantitative estimate of drug-likeness (QED) is 0.203. The Morgan fingerprint density at radius 2 is 1.07 bits per heavy atom. The first-order valence-electron chi connectivity index (χ1n) is 15.3. The Hall–Kier alpha value is -6.06. The fourth-order valence-corrected chi connectivity index (χ4v) is 6.82. The summed E-state index contributed by atoms with van der Waals surface area (Å²) in [7, 11) is 0. The van der Waals surface area contributed by atoms with E-state index >= 15 is 0 Å². The van der Waals surface area contributed by atoms with Crippen LogP contribution < -0.4 is 4.90 Å². The molecule has 0 N–H and O–H groups in total. The summed E-state index contributed by atoms with van der Waals surface area (Å²) < 4.78 is 8.78. The van der Waals surface area contributed by atoms with E-state index in [9.17, 15) is 0 Å². The molecular weight excluding hydrogens is 548 g/mol. The van der Waals surface area contributed by atoms with E-state index in [0.717, 1.165) is 61.3 Å². The third-order valence-corrected chi connectivity index (χ3v) is 8.77. The number of rotatable bonds is 5. The predicted molar refractivity (Wildman–Crippen MR) is 188 cm³/mol. The number of nitrogens with zero attached hydrogens (tertiary/aromatic N) is 2. The standard InChI is InChI=1S/C42H28N2O/c1-4-14-30(15-5-1)43(31-16-6-2-7-17-31)38-27-26-33(29-24-25-35-34-20-11-13-23-39(34)45-40(35)28-29)42-41(38)36-21-10-12-22-37(36)44(42)32-18-8-3-9-19-32/h1-28H. The Bertz CT molecular complexity index is 2440. The molecule has 0 radical (unpaired) electrons. The van der Waals surface area contributed by atoms with Crippen molar-refractivity contribution in [2.45, 2.75) is 0 Å². The van der Waals surface area contributed by atoms with Crippen molar-refractivity contribution in [3.05, 3.63) is 170 Å². The largest absolute Gasteiger partial charge is 0.456 e. The normalized spacial score (nSPS) is 11.6. The van der Waals surface area contributed by atoms with Crippen LogP contribution in [0.2, 0.25) is 0 Å². The number of anilines is 3. The third-order valence-electron chi connectivity index (χ3n) is 8.77. The first-order valence-corrected chi connectivity index (χ1v) is 15.3. The zero-order chi connectivity index (χ0) is 29.7. The highest BCUT2D eigenvalue weighted by Gasteiger charge is 2.24. The minimum atomic E-state index is 0.892. The minimum absolute atomic E-state index is 0.892. The van der Waals surface area contributed by atoms with Crippen LogP contribution in [-0.4, -0.2) is 4.57 Å². The van der Waals surface area contributed by atoms with Crippen molar-refractivity contribution in [3.63, 3.8) is 0 Å². The van der Waals surface area contributed by atoms with Crippen LogP contribution in [0.5, 0.6) is 0 Å². The molecular formula is C42H28N2O. The summed E-state index contributed by atoms with van der Waals surface area (Å²) in [5, 5.41) is 4.67. The molecule has 7 aromatic carbocycles. The van der Waals surface area contributed by atoms with Gasteiger partial charge in [-0.1, -0.05) is 103 Å². The predicted octanol–water partition coefficient (Wildman–Crippen LogP) is 11.8. The van der Waals surface area contributed by atoms with Gasteiger partial charge in [0, 0.05) is 44.2 Å². The van der Waals surface area contributed by atoms with Gasteiger partial charge in [-0.25, -0.2) is 0 Å². The van der Waals surface area contributed by atoms with Crippen molar-refractivity contribution in [1.82, 2.24) is 4.57 Å². The number of para-hydroxylation sites is 5. The van der Waals surface area contributed by atoms with Crippen LogP contribution >= 0.6 is 0 Å². The second-order valence-electron chi connectivity index (χ2n) is 11.4. The fourth-order valence-electron chi connectivity index (χ4n) is 6.82. The molecule has 0 bridgehead atoms. The number of hydrogen-bond acceptors (Lipinski definition) is 2. The average molecular weight is 577 g/mol. The number of furan rings is 1. The van der Waals surface area contributed by atoms with Gasteiger partial charge in [0.25, 0.3) is 0 Å². The summed E-state index contributed by atoms with van der Waals surface area (Å²) >= 11 is 0. The van der Waals surface area contributed by atoms with Crippen LogP contribution in [0, 0.1) is 0 Å². The van der Waals surface area contributed by atoms with E-state index in [1.807, 2.05) is 12.1 Å². The Labute approximate surface area is 260 Å². The lowest BCUT2D eigenvalue weighted by molar-refractivity contribution is 0.669. The molecule has 2 aromatic heterocycles. The molecule has 9 aromatic rings. The number of aromatic nitrogens is 1. The Kier molecular flexibility index (Phi) is 5.82. The lowest BCUT2D eigenvalue weighted by atomic mass is 9.98. The molecule has 212 valence electrons. The van der Waals surface area contributed by atoms with Crippen LogP contribution in [0.15, 0.2) is 174 Å². The van der Waals surface area contributed by atoms with Crippen molar-refractivity contribution >= 4 is 60.8 Å². The number of hydrogen-bond donors (Lipinski definition) is 0. The average Bonchev–Trinajstić information content (AvgIpc) is 3.66. The minimum Gasteiger partial charge on any atom is -0.456 e. The molecule has 9 rings (SSSR count). The smallest absolute Gasteiger partial charge is 0.136 e. The Morgan fingerprint density at radius 3 is 1.80 bits per heavy atom. The van der Waals surface area contributed by atoms with Gasteiger partial charge in [-0.3, -0.25) is 0 Å². The van der Waals surface area contributed by atoms with Crippen LogP contribution in [-0.2, 0) is 0 Å². The van der Waals surface area contributed by atoms with Gasteiger partial charge in [-0.05, 0) is 72.3 Å². The monoisotopic (exact) mass is 576 g/mol. The van der Waals surface area contributed by atoms with Gasteiger partial charge in [0.2, 0.25) is 0 Å². The second kappa shape index (κ2) is 10.3. The highest BCUT2D eigenvalue weighted by molar-refractivity contribution is 6.20. The SMILES string of the molecule is c1ccc(N(c2ccccc2)c2ccc(-c3ccc4c(c3)oc3ccccc34)c3c2c2ccccc2n3-c2ccccc2)cc1. The van der Waals surface area contributed by atoms with Crippen LogP contribution in [0.4, 0.5) is 17.1 Å². The summed E-state index contributed by atoms with van der Waals surface area (Å²) in [6.07, 6.45) is 0. The van der Waals surface area contributed by atoms with Gasteiger partial charge in [0.1, 0.15) is 11.2 Å². The summed E-state index contributed by atoms with van der Waals surface area (Å²) in [6, 6.07) is 60.2. The van der Waals surface area contributed by atoms with Crippen LogP contribution in [0.3, 0.4) is 0 Å². The van der Waals surface area contributed by atoms with Crippen molar-refractivity contribution in [3.8, 4) is 16.8 Å². The molecule has 0 aliphatic rings. The highest BCUT2D eigenvalue weighted by Crippen LogP contribution is 2.47. The maximum Gasteiger partial charge on any atom is 0.136 e. The van der Waals surface area contributed by atoms with Crippen molar-refractivity contribution in [2.24, 2.45) is 0 Å². The molecule has 0 atom stereocenters. The fraction of sp³-hybridized carbons (Fsp3) is 0. The molecule has 0 unspecified atom stereocenters. The molecule has 0 amide bonds. The first-order chi connectivity index (χ1) is 22.3. The molecule has 2 heterocycles. The molecule has 3 nitrogen and oxygen atoms in total. The maximum absolute atomic E-state index is 6.36. The van der Waals surface area contributed by atoms with E-state index in [0.29, 0.717) is 0 Å². The molecule has 3 heteroatoms. The second-order valence-corrected chi connectivity index (χ2v) is 11.4. The summed E-state index contributed by atoms with van der Waals surface area (Å²) in [5.41, 5.74) is 10.9. The van der Waals surface area contributed by atoms with E-state index in [1.165, 1.54) is 16.3 Å². The summed E-state index contributed by atoms with van der Waals surface area (Å²) in [5.74, 6) is 0. The van der Waals surface area contributed by atoms with Crippen molar-refractivity contribution in [1.29, 1.82) is 0 Å². The zero-order valence-electron chi connectivity index (χ0n) is 24.5. The van der Waals surface area contributed by atoms with E-state index in [4.69, 9.17) is 4.42 Å². The molecule has 45 heavy (non-hydrogen) atoms. The molecule has 0 spiro atoms. The van der Waals surface area contributed by atoms with E-state index in [-0.39, 0.29) is 0 Å². The molecule has 0 fully saturated rings. The first kappa shape index (κ1) is 25.4. The molecule has 0 aliphatic heterocycles. The van der Waals surface area contributed by atoms with E-state index in [2.05, 4.69) is 167 Å². The van der Waals surface area contributed by atoms with Crippen LogP contribution in [0.1, 0.15) is 0 Å². The lowest BCUT2D eigenvalue weighted by Crippen LogP contribution is -2.10. The van der Waals surface area contributed by atoms with Gasteiger partial charge >= 0.3 is 0 Å². The Balaban J connectivity index is 1.41. The topological polar surface area (TPSA) is 21.3 Å². The molecule has 0 aliphatic carbocycles. The number of fused-ring (bicyclic) bond motifs is 6. The Morgan fingerprint density at radius 1 is 0.467 bits per heavy atom. The van der Waals surface area contributed by atoms with Gasteiger partial charge in [0.05, 0.1) is 16.7 Å². The van der Waals surface area contributed by atoms with E-state index in [1.54, 1.807) is 0 Å². The van der Waals surface area contributed by atoms with Gasteiger partial charge < -0.3 is 13.9 Å². The van der Waals surface area contributed by atoms with Gasteiger partial charge in [-0.15, -0.1) is 0 Å². The zero-order valence-corrected chi connectivity index (χ0v) is 24.5. The lowest BCUT2D eigenvalue weighted by Gasteiger charge is -2.27. The van der Waals surface area contributed by atoms with Gasteiger partial charge in [-0.2, -0.15) is 0 Å². The van der Waals surface area contributed by atoms with Crippen molar-refractivity contribution < 1.29 is 4.42 Å². The molecule has 0 saturated carbocycles. The maximum atomic E-state index is 6.36.